The van der Waals surface area contributed by atoms with Gasteiger partial charge >= 0.3 is 6.36 Å². The fraction of sp³-hybridized carbons (Fsp3) is 0.200. The minimum atomic E-state index is -4.78. The summed E-state index contributed by atoms with van der Waals surface area (Å²) in [5.74, 6) is -1.28. The lowest BCUT2D eigenvalue weighted by atomic mass is 10.0. The van der Waals surface area contributed by atoms with Crippen LogP contribution >= 0.6 is 0 Å². The van der Waals surface area contributed by atoms with Gasteiger partial charge in [0.05, 0.1) is 6.04 Å². The Balaban J connectivity index is 1.37. The van der Waals surface area contributed by atoms with Gasteiger partial charge in [0, 0.05) is 29.8 Å². The molecule has 2 aromatic carbocycles. The molecule has 2 heterocycles. The van der Waals surface area contributed by atoms with Crippen LogP contribution in [0.1, 0.15) is 19.0 Å². The Morgan fingerprint density at radius 2 is 1.78 bits per heavy atom. The molecule has 1 atom stereocenters. The van der Waals surface area contributed by atoms with Gasteiger partial charge in [-0.05, 0) is 66.9 Å². The van der Waals surface area contributed by atoms with Crippen LogP contribution in [0.2, 0.25) is 0 Å². The number of carbonyl (C=O) groups excluding carboxylic acids is 1. The maximum atomic E-state index is 13.4. The minimum Gasteiger partial charge on any atom is -0.443 e. The third-order valence-electron chi connectivity index (χ3n) is 5.40. The molecule has 1 N–H and O–H groups in total. The lowest BCUT2D eigenvalue weighted by Crippen LogP contribution is -2.38. The fourth-order valence-electron chi connectivity index (χ4n) is 3.59. The Hall–Kier alpha value is -3.77. The molecular weight excluding hydrogens is 516 g/mol. The van der Waals surface area contributed by atoms with Crippen molar-refractivity contribution in [1.29, 1.82) is 0 Å². The van der Waals surface area contributed by atoms with E-state index >= 15 is 0 Å². The van der Waals surface area contributed by atoms with Gasteiger partial charge in [0.15, 0.2) is 5.78 Å². The molecule has 0 saturated carbocycles. The smallest absolute Gasteiger partial charge is 0.443 e. The number of carbonyl (C=O) groups is 1. The Morgan fingerprint density at radius 3 is 2.49 bits per heavy atom. The number of benzene rings is 2. The maximum absolute atomic E-state index is 13.4. The number of Topliss-reactive ketones (excluding diaryl/α,β-unsaturated/α-hetero) is 1. The van der Waals surface area contributed by atoms with Crippen molar-refractivity contribution in [2.75, 3.05) is 0 Å². The molecule has 0 bridgehead atoms. The number of rotatable bonds is 9. The van der Waals surface area contributed by atoms with E-state index in [2.05, 4.69) is 14.4 Å². The summed E-state index contributed by atoms with van der Waals surface area (Å²) in [5, 5.41) is -0.165. The van der Waals surface area contributed by atoms with Gasteiger partial charge < -0.3 is 9.15 Å². The molecule has 4 rings (SSSR count). The number of nitrogens with zero attached hydrogens (tertiary/aromatic N) is 1. The number of fused-ring (bicyclic) bond motifs is 1. The summed E-state index contributed by atoms with van der Waals surface area (Å²) in [6.45, 7) is 1.40. The number of furan rings is 1. The number of alkyl halides is 3. The van der Waals surface area contributed by atoms with Crippen LogP contribution in [0, 0.1) is 5.82 Å². The number of aromatic nitrogens is 1. The molecule has 0 saturated heterocycles. The van der Waals surface area contributed by atoms with Gasteiger partial charge in [-0.3, -0.25) is 9.78 Å². The first-order chi connectivity index (χ1) is 17.4. The molecule has 4 aromatic rings. The summed E-state index contributed by atoms with van der Waals surface area (Å²) < 4.78 is 87.1. The molecule has 194 valence electrons. The molecule has 0 fully saturated rings. The van der Waals surface area contributed by atoms with Crippen molar-refractivity contribution in [2.45, 2.75) is 37.3 Å². The number of ether oxygens (including phenoxy) is 1. The summed E-state index contributed by atoms with van der Waals surface area (Å²) in [7, 11) is -4.18. The maximum Gasteiger partial charge on any atom is 0.573 e. The number of hydrogen-bond donors (Lipinski definition) is 1. The number of nitrogens with one attached hydrogen (secondary N) is 1. The van der Waals surface area contributed by atoms with E-state index in [0.717, 1.165) is 12.1 Å². The highest BCUT2D eigenvalue weighted by atomic mass is 32.2. The third kappa shape index (κ3) is 6.71. The highest BCUT2D eigenvalue weighted by Gasteiger charge is 2.31. The lowest BCUT2D eigenvalue weighted by Gasteiger charge is -2.12. The quantitative estimate of drug-likeness (QED) is 0.288. The standard InChI is InChI=1S/C25H20F4N2O5S/c1-15(31-37(33,34)24-14-18-12-19(26)4-9-23(18)35-24)22(32)8-5-20-13-17(10-11-30-20)16-2-6-21(7-3-16)36-25(27,28)29/h2-4,6-7,9-15,31H,5,8H2,1H3/t15-/m0/s1. The van der Waals surface area contributed by atoms with Crippen LogP contribution in [0.15, 0.2) is 76.4 Å². The average Bonchev–Trinajstić information content (AvgIpc) is 3.26. The van der Waals surface area contributed by atoms with Gasteiger partial charge in [0.2, 0.25) is 5.09 Å². The largest absolute Gasteiger partial charge is 0.573 e. The molecule has 2 aromatic heterocycles. The van der Waals surface area contributed by atoms with Crippen molar-refractivity contribution in [1.82, 2.24) is 9.71 Å². The molecule has 0 amide bonds. The van der Waals surface area contributed by atoms with Crippen LogP contribution in [-0.2, 0) is 21.2 Å². The van der Waals surface area contributed by atoms with Crippen LogP contribution in [0.3, 0.4) is 0 Å². The zero-order chi connectivity index (χ0) is 26.8. The topological polar surface area (TPSA) is 98.5 Å². The SMILES string of the molecule is C[C@H](NS(=O)(=O)c1cc2cc(F)ccc2o1)C(=O)CCc1cc(-c2ccc(OC(F)(F)F)cc2)ccn1. The van der Waals surface area contributed by atoms with Crippen molar-refractivity contribution in [2.24, 2.45) is 0 Å². The molecule has 0 aliphatic heterocycles. The van der Waals surface area contributed by atoms with Gasteiger partial charge in [-0.15, -0.1) is 13.2 Å². The van der Waals surface area contributed by atoms with Crippen molar-refractivity contribution in [3.8, 4) is 16.9 Å². The van der Waals surface area contributed by atoms with Gasteiger partial charge in [-0.2, -0.15) is 4.72 Å². The van der Waals surface area contributed by atoms with Crippen molar-refractivity contribution in [3.63, 3.8) is 0 Å². The average molecular weight is 537 g/mol. The van der Waals surface area contributed by atoms with Crippen LogP contribution in [-0.4, -0.2) is 31.6 Å². The second-order valence-corrected chi connectivity index (χ2v) is 9.81. The molecule has 0 aliphatic carbocycles. The van der Waals surface area contributed by atoms with E-state index in [9.17, 15) is 30.8 Å². The van der Waals surface area contributed by atoms with Crippen LogP contribution in [0.5, 0.6) is 5.75 Å². The van der Waals surface area contributed by atoms with Gasteiger partial charge in [0.25, 0.3) is 10.0 Å². The van der Waals surface area contributed by atoms with E-state index < -0.39 is 39.1 Å². The molecule has 0 aliphatic rings. The van der Waals surface area contributed by atoms with E-state index in [-0.39, 0.29) is 29.6 Å². The highest BCUT2D eigenvalue weighted by molar-refractivity contribution is 7.89. The molecule has 7 nitrogen and oxygen atoms in total. The van der Waals surface area contributed by atoms with Crippen LogP contribution in [0.25, 0.3) is 22.1 Å². The second kappa shape index (κ2) is 10.3. The Morgan fingerprint density at radius 1 is 1.05 bits per heavy atom. The van der Waals surface area contributed by atoms with Crippen molar-refractivity contribution < 1.29 is 39.9 Å². The molecule has 0 unspecified atom stereocenters. The Kier molecular flexibility index (Phi) is 7.32. The summed E-state index contributed by atoms with van der Waals surface area (Å²) in [6, 6.07) is 12.4. The molecule has 37 heavy (non-hydrogen) atoms. The summed E-state index contributed by atoms with van der Waals surface area (Å²) in [6.07, 6.45) is -3.09. The highest BCUT2D eigenvalue weighted by Crippen LogP contribution is 2.27. The summed E-state index contributed by atoms with van der Waals surface area (Å²) >= 11 is 0. The number of hydrogen-bond acceptors (Lipinski definition) is 6. The first-order valence-electron chi connectivity index (χ1n) is 10.9. The zero-order valence-electron chi connectivity index (χ0n) is 19.3. The van der Waals surface area contributed by atoms with Gasteiger partial charge in [0.1, 0.15) is 17.1 Å². The Labute approximate surface area is 209 Å². The van der Waals surface area contributed by atoms with Gasteiger partial charge in [-0.1, -0.05) is 12.1 Å². The summed E-state index contributed by atoms with van der Waals surface area (Å²) in [4.78, 5) is 16.8. The van der Waals surface area contributed by atoms with Crippen molar-refractivity contribution >= 4 is 26.8 Å². The lowest BCUT2D eigenvalue weighted by molar-refractivity contribution is -0.274. The number of pyridine rings is 1. The number of sulfonamides is 1. The number of aryl methyl sites for hydroxylation is 1. The van der Waals surface area contributed by atoms with E-state index in [1.54, 1.807) is 12.1 Å². The summed E-state index contributed by atoms with van der Waals surface area (Å²) in [5.41, 5.74) is 2.02. The zero-order valence-corrected chi connectivity index (χ0v) is 20.1. The predicted molar refractivity (Wildman–Crippen MR) is 126 cm³/mol. The Bertz CT molecular complexity index is 1530. The molecule has 12 heteroatoms. The number of ketones is 1. The van der Waals surface area contributed by atoms with Crippen molar-refractivity contribution in [3.05, 3.63) is 78.4 Å². The predicted octanol–water partition coefficient (Wildman–Crippen LogP) is 5.40. The van der Waals surface area contributed by atoms with E-state index in [4.69, 9.17) is 4.42 Å². The monoisotopic (exact) mass is 536 g/mol. The van der Waals surface area contributed by atoms with E-state index in [0.29, 0.717) is 16.8 Å². The van der Waals surface area contributed by atoms with Crippen LogP contribution in [0.4, 0.5) is 17.6 Å². The molecule has 0 spiro atoms. The van der Waals surface area contributed by atoms with E-state index in [1.807, 2.05) is 0 Å². The first-order valence-corrected chi connectivity index (χ1v) is 12.4. The van der Waals surface area contributed by atoms with Crippen LogP contribution < -0.4 is 9.46 Å². The fourth-order valence-corrected chi connectivity index (χ4v) is 4.78. The molecular formula is C25H20F4N2O5S. The first kappa shape index (κ1) is 26.3. The second-order valence-electron chi connectivity index (χ2n) is 8.16. The normalized spacial score (nSPS) is 13.0. The number of halogens is 4. The van der Waals surface area contributed by atoms with Gasteiger partial charge in [-0.25, -0.2) is 12.8 Å². The molecule has 0 radical (unpaired) electrons. The third-order valence-corrected chi connectivity index (χ3v) is 6.80. The van der Waals surface area contributed by atoms with E-state index in [1.165, 1.54) is 49.5 Å². The minimum absolute atomic E-state index is 0.0240.